The van der Waals surface area contributed by atoms with Crippen LogP contribution in [0.3, 0.4) is 0 Å². The number of nitrogens with one attached hydrogen (secondary N) is 1. The van der Waals surface area contributed by atoms with E-state index in [9.17, 15) is 4.79 Å². The van der Waals surface area contributed by atoms with Crippen molar-refractivity contribution >= 4 is 27.5 Å². The molecule has 1 fully saturated rings. The molecule has 4 heteroatoms. The number of carbonyl (C=O) groups excluding carboxylic acids is 1. The van der Waals surface area contributed by atoms with Gasteiger partial charge in [-0.05, 0) is 40.9 Å². The van der Waals surface area contributed by atoms with E-state index in [0.717, 1.165) is 29.6 Å². The van der Waals surface area contributed by atoms with Crippen LogP contribution < -0.4 is 5.32 Å². The van der Waals surface area contributed by atoms with Crippen molar-refractivity contribution in [1.82, 2.24) is 0 Å². The first-order valence-corrected chi connectivity index (χ1v) is 6.20. The van der Waals surface area contributed by atoms with Gasteiger partial charge in [0.1, 0.15) is 0 Å². The Balaban J connectivity index is 1.99. The Kier molecular flexibility index (Phi) is 3.96. The van der Waals surface area contributed by atoms with Crippen LogP contribution in [0, 0.1) is 5.92 Å². The van der Waals surface area contributed by atoms with Gasteiger partial charge < -0.3 is 10.1 Å². The van der Waals surface area contributed by atoms with Crippen LogP contribution in [0.4, 0.5) is 5.69 Å². The fourth-order valence-electron chi connectivity index (χ4n) is 1.74. The summed E-state index contributed by atoms with van der Waals surface area (Å²) in [4.78, 5) is 11.9. The van der Waals surface area contributed by atoms with Crippen LogP contribution in [0.15, 0.2) is 28.7 Å². The van der Waals surface area contributed by atoms with E-state index in [1.54, 1.807) is 0 Å². The molecule has 1 saturated heterocycles. The molecule has 1 amide bonds. The molecule has 0 spiro atoms. The van der Waals surface area contributed by atoms with Crippen molar-refractivity contribution in [3.05, 3.63) is 28.7 Å². The summed E-state index contributed by atoms with van der Waals surface area (Å²) in [7, 11) is 0. The highest BCUT2D eigenvalue weighted by Gasteiger charge is 2.22. The SMILES string of the molecule is O=C(Nc1ccccc1Br)C1CCCOC1. The van der Waals surface area contributed by atoms with E-state index in [1.165, 1.54) is 0 Å². The first-order valence-electron chi connectivity index (χ1n) is 5.40. The van der Waals surface area contributed by atoms with E-state index in [2.05, 4.69) is 21.2 Å². The highest BCUT2D eigenvalue weighted by atomic mass is 79.9. The van der Waals surface area contributed by atoms with Crippen molar-refractivity contribution in [2.24, 2.45) is 5.92 Å². The van der Waals surface area contributed by atoms with Gasteiger partial charge in [0.25, 0.3) is 0 Å². The fourth-order valence-corrected chi connectivity index (χ4v) is 2.13. The van der Waals surface area contributed by atoms with E-state index in [0.29, 0.717) is 6.61 Å². The monoisotopic (exact) mass is 283 g/mol. The average molecular weight is 284 g/mol. The molecule has 1 aliphatic rings. The van der Waals surface area contributed by atoms with Crippen molar-refractivity contribution in [3.63, 3.8) is 0 Å². The van der Waals surface area contributed by atoms with E-state index < -0.39 is 0 Å². The predicted molar refractivity (Wildman–Crippen MR) is 66.3 cm³/mol. The van der Waals surface area contributed by atoms with Crippen LogP contribution in [-0.2, 0) is 9.53 Å². The molecular formula is C12H14BrNO2. The van der Waals surface area contributed by atoms with Gasteiger partial charge in [0.05, 0.1) is 18.2 Å². The van der Waals surface area contributed by atoms with Gasteiger partial charge in [-0.3, -0.25) is 4.79 Å². The summed E-state index contributed by atoms with van der Waals surface area (Å²) in [6.07, 6.45) is 1.88. The van der Waals surface area contributed by atoms with Gasteiger partial charge in [-0.15, -0.1) is 0 Å². The van der Waals surface area contributed by atoms with Gasteiger partial charge in [0, 0.05) is 11.1 Å². The smallest absolute Gasteiger partial charge is 0.229 e. The third-order valence-corrected chi connectivity index (χ3v) is 3.35. The Morgan fingerprint density at radius 3 is 2.94 bits per heavy atom. The number of carbonyl (C=O) groups is 1. The molecule has 1 aromatic rings. The zero-order valence-corrected chi connectivity index (χ0v) is 10.5. The summed E-state index contributed by atoms with van der Waals surface area (Å²) in [5, 5.41) is 2.91. The predicted octanol–water partition coefficient (Wildman–Crippen LogP) is 2.81. The van der Waals surface area contributed by atoms with Gasteiger partial charge in [-0.2, -0.15) is 0 Å². The molecule has 86 valence electrons. The van der Waals surface area contributed by atoms with Crippen LogP contribution in [0.5, 0.6) is 0 Å². The lowest BCUT2D eigenvalue weighted by molar-refractivity contribution is -0.123. The number of hydrogen-bond acceptors (Lipinski definition) is 2. The second-order valence-electron chi connectivity index (χ2n) is 3.88. The molecule has 3 nitrogen and oxygen atoms in total. The van der Waals surface area contributed by atoms with Gasteiger partial charge in [-0.25, -0.2) is 0 Å². The lowest BCUT2D eigenvalue weighted by Crippen LogP contribution is -2.30. The molecule has 0 aromatic heterocycles. The molecule has 0 bridgehead atoms. The molecule has 2 rings (SSSR count). The number of benzene rings is 1. The highest BCUT2D eigenvalue weighted by molar-refractivity contribution is 9.10. The first-order chi connectivity index (χ1) is 7.77. The molecule has 16 heavy (non-hydrogen) atoms. The van der Waals surface area contributed by atoms with Crippen LogP contribution in [0.1, 0.15) is 12.8 Å². The minimum Gasteiger partial charge on any atom is -0.381 e. The maximum absolute atomic E-state index is 11.9. The van der Waals surface area contributed by atoms with Gasteiger partial charge in [0.15, 0.2) is 0 Å². The minimum absolute atomic E-state index is 0.0131. The third-order valence-electron chi connectivity index (χ3n) is 2.66. The summed E-state index contributed by atoms with van der Waals surface area (Å²) in [5.41, 5.74) is 0.818. The van der Waals surface area contributed by atoms with Gasteiger partial charge in [-0.1, -0.05) is 12.1 Å². The van der Waals surface area contributed by atoms with Crippen LogP contribution >= 0.6 is 15.9 Å². The molecule has 0 radical (unpaired) electrons. The number of ether oxygens (including phenoxy) is 1. The number of halogens is 1. The molecule has 1 heterocycles. The quantitative estimate of drug-likeness (QED) is 0.907. The van der Waals surface area contributed by atoms with E-state index >= 15 is 0 Å². The third kappa shape index (κ3) is 2.83. The molecule has 1 aromatic carbocycles. The highest BCUT2D eigenvalue weighted by Crippen LogP contribution is 2.23. The largest absolute Gasteiger partial charge is 0.381 e. The van der Waals surface area contributed by atoms with Crippen molar-refractivity contribution < 1.29 is 9.53 Å². The molecule has 0 aliphatic carbocycles. The van der Waals surface area contributed by atoms with E-state index in [4.69, 9.17) is 4.74 Å². The molecule has 1 aliphatic heterocycles. The number of hydrogen-bond donors (Lipinski definition) is 1. The first kappa shape index (κ1) is 11.6. The zero-order valence-electron chi connectivity index (χ0n) is 8.91. The van der Waals surface area contributed by atoms with Gasteiger partial charge in [0.2, 0.25) is 5.91 Å². The number of rotatable bonds is 2. The summed E-state index contributed by atoms with van der Waals surface area (Å²) in [6, 6.07) is 7.61. The Labute approximate surface area is 103 Å². The summed E-state index contributed by atoms with van der Waals surface area (Å²) in [5.74, 6) is 0.0347. The Morgan fingerprint density at radius 1 is 1.44 bits per heavy atom. The fraction of sp³-hybridized carbons (Fsp3) is 0.417. The Morgan fingerprint density at radius 2 is 2.25 bits per heavy atom. The van der Waals surface area contributed by atoms with Crippen LogP contribution in [-0.4, -0.2) is 19.1 Å². The van der Waals surface area contributed by atoms with Crippen molar-refractivity contribution in [1.29, 1.82) is 0 Å². The molecular weight excluding hydrogens is 270 g/mol. The number of anilines is 1. The summed E-state index contributed by atoms with van der Waals surface area (Å²) in [6.45, 7) is 1.31. The summed E-state index contributed by atoms with van der Waals surface area (Å²) >= 11 is 3.40. The standard InChI is InChI=1S/C12H14BrNO2/c13-10-5-1-2-6-11(10)14-12(15)9-4-3-7-16-8-9/h1-2,5-6,9H,3-4,7-8H2,(H,14,15). The maximum Gasteiger partial charge on any atom is 0.229 e. The molecule has 1 atom stereocenters. The molecule has 0 saturated carbocycles. The Hall–Kier alpha value is -0.870. The normalized spacial score (nSPS) is 20.4. The second-order valence-corrected chi connectivity index (χ2v) is 4.74. The van der Waals surface area contributed by atoms with Crippen LogP contribution in [0.25, 0.3) is 0 Å². The zero-order chi connectivity index (χ0) is 11.4. The molecule has 1 unspecified atom stereocenters. The maximum atomic E-state index is 11.9. The number of para-hydroxylation sites is 1. The lowest BCUT2D eigenvalue weighted by atomic mass is 10.0. The van der Waals surface area contributed by atoms with Crippen LogP contribution in [0.2, 0.25) is 0 Å². The number of amides is 1. The Bertz CT molecular complexity index is 375. The summed E-state index contributed by atoms with van der Waals surface area (Å²) < 4.78 is 6.20. The van der Waals surface area contributed by atoms with Crippen molar-refractivity contribution in [2.45, 2.75) is 12.8 Å². The topological polar surface area (TPSA) is 38.3 Å². The lowest BCUT2D eigenvalue weighted by Gasteiger charge is -2.21. The van der Waals surface area contributed by atoms with Crippen molar-refractivity contribution in [3.8, 4) is 0 Å². The van der Waals surface area contributed by atoms with E-state index in [-0.39, 0.29) is 11.8 Å². The van der Waals surface area contributed by atoms with E-state index in [1.807, 2.05) is 24.3 Å². The second kappa shape index (κ2) is 5.46. The minimum atomic E-state index is -0.0131. The van der Waals surface area contributed by atoms with Gasteiger partial charge >= 0.3 is 0 Å². The average Bonchev–Trinajstić information content (AvgIpc) is 2.33. The molecule has 1 N–H and O–H groups in total. The van der Waals surface area contributed by atoms with Crippen molar-refractivity contribution in [2.75, 3.05) is 18.5 Å².